The van der Waals surface area contributed by atoms with Gasteiger partial charge in [-0.25, -0.2) is 0 Å². The van der Waals surface area contributed by atoms with Crippen LogP contribution in [0.1, 0.15) is 33.1 Å². The Balaban J connectivity index is 2.12. The Kier molecular flexibility index (Phi) is 1.59. The van der Waals surface area contributed by atoms with Crippen LogP contribution >= 0.6 is 0 Å². The van der Waals surface area contributed by atoms with Crippen LogP contribution in [0.25, 0.3) is 0 Å². The van der Waals surface area contributed by atoms with Crippen LogP contribution in [-0.4, -0.2) is 0 Å². The highest BCUT2D eigenvalue weighted by Crippen LogP contribution is 2.53. The second-order valence-corrected chi connectivity index (χ2v) is 4.71. The van der Waals surface area contributed by atoms with Crippen molar-refractivity contribution < 1.29 is 0 Å². The number of hydrogen-bond donors (Lipinski definition) is 0. The highest BCUT2D eigenvalue weighted by molar-refractivity contribution is 5.15. The second kappa shape index (κ2) is 2.36. The van der Waals surface area contributed by atoms with E-state index in [0.717, 1.165) is 23.7 Å². The van der Waals surface area contributed by atoms with Gasteiger partial charge in [-0.05, 0) is 42.9 Å². The van der Waals surface area contributed by atoms with Crippen molar-refractivity contribution in [3.8, 4) is 0 Å². The first-order chi connectivity index (χ1) is 5.18. The molecule has 2 aliphatic rings. The summed E-state index contributed by atoms with van der Waals surface area (Å²) < 4.78 is 0. The monoisotopic (exact) mass is 150 g/mol. The summed E-state index contributed by atoms with van der Waals surface area (Å²) in [5.74, 6) is 3.77. The lowest BCUT2D eigenvalue weighted by molar-refractivity contribution is 0.301. The molecule has 3 atom stereocenters. The normalized spacial score (nSPS) is 42.5. The molecule has 0 unspecified atom stereocenters. The molecule has 0 nitrogen and oxygen atoms in total. The van der Waals surface area contributed by atoms with Gasteiger partial charge in [0.1, 0.15) is 0 Å². The fraction of sp³-hybridized carbons (Fsp3) is 0.818. The van der Waals surface area contributed by atoms with Gasteiger partial charge >= 0.3 is 0 Å². The summed E-state index contributed by atoms with van der Waals surface area (Å²) in [6.07, 6.45) is 4.29. The zero-order valence-corrected chi connectivity index (χ0v) is 7.64. The Labute approximate surface area is 69.7 Å². The molecule has 0 heteroatoms. The third kappa shape index (κ3) is 1.04. The number of allylic oxidation sites excluding steroid dienone is 1. The Hall–Kier alpha value is -0.260. The first kappa shape index (κ1) is 7.39. The maximum Gasteiger partial charge on any atom is -0.0172 e. The zero-order valence-electron chi connectivity index (χ0n) is 7.64. The van der Waals surface area contributed by atoms with Crippen molar-refractivity contribution in [3.05, 3.63) is 12.2 Å². The van der Waals surface area contributed by atoms with Crippen molar-refractivity contribution in [1.29, 1.82) is 0 Å². The van der Waals surface area contributed by atoms with E-state index in [2.05, 4.69) is 20.4 Å². The topological polar surface area (TPSA) is 0 Å². The second-order valence-electron chi connectivity index (χ2n) is 4.71. The minimum Gasteiger partial charge on any atom is -0.0996 e. The molecule has 2 bridgehead atoms. The lowest BCUT2D eigenvalue weighted by Crippen LogP contribution is -2.17. The molecule has 0 radical (unpaired) electrons. The lowest BCUT2D eigenvalue weighted by Gasteiger charge is -2.26. The van der Waals surface area contributed by atoms with Gasteiger partial charge in [-0.15, -0.1) is 0 Å². The molecule has 0 aromatic carbocycles. The van der Waals surface area contributed by atoms with E-state index >= 15 is 0 Å². The molecule has 62 valence electrons. The van der Waals surface area contributed by atoms with Gasteiger partial charge in [0.15, 0.2) is 0 Å². The molecular formula is C11H18. The molecule has 0 spiro atoms. The summed E-state index contributed by atoms with van der Waals surface area (Å²) in [6, 6.07) is 0. The largest absolute Gasteiger partial charge is 0.0996 e. The van der Waals surface area contributed by atoms with Gasteiger partial charge in [-0.2, -0.15) is 0 Å². The molecule has 2 rings (SSSR count). The minimum atomic E-state index is 0.877. The Bertz CT molecular complexity index is 178. The van der Waals surface area contributed by atoms with Crippen molar-refractivity contribution in [1.82, 2.24) is 0 Å². The van der Waals surface area contributed by atoms with Crippen molar-refractivity contribution in [2.24, 2.45) is 23.7 Å². The van der Waals surface area contributed by atoms with E-state index in [0.29, 0.717) is 0 Å². The van der Waals surface area contributed by atoms with Crippen LogP contribution in [-0.2, 0) is 0 Å². The standard InChI is InChI=1S/C11H18/c1-7(2)10-5-9-4-8(3)11(10)6-9/h7,9-11H,3-6H2,1-2H3/t9-,10+,11+/m0/s1. The van der Waals surface area contributed by atoms with Crippen LogP contribution in [0.15, 0.2) is 12.2 Å². The van der Waals surface area contributed by atoms with E-state index in [1.54, 1.807) is 5.57 Å². The third-order valence-corrected chi connectivity index (χ3v) is 3.64. The number of fused-ring (bicyclic) bond motifs is 2. The molecule has 11 heavy (non-hydrogen) atoms. The van der Waals surface area contributed by atoms with Crippen LogP contribution in [0, 0.1) is 23.7 Å². The molecule has 2 aliphatic carbocycles. The Morgan fingerprint density at radius 1 is 1.36 bits per heavy atom. The third-order valence-electron chi connectivity index (χ3n) is 3.64. The molecule has 0 N–H and O–H groups in total. The van der Waals surface area contributed by atoms with Gasteiger partial charge in [0.05, 0.1) is 0 Å². The maximum atomic E-state index is 4.17. The smallest absolute Gasteiger partial charge is 0.0172 e. The predicted octanol–water partition coefficient (Wildman–Crippen LogP) is 3.24. The van der Waals surface area contributed by atoms with Crippen LogP contribution in [0.5, 0.6) is 0 Å². The minimum absolute atomic E-state index is 0.877. The summed E-state index contributed by atoms with van der Waals surface area (Å²) in [4.78, 5) is 0. The van der Waals surface area contributed by atoms with E-state index in [9.17, 15) is 0 Å². The number of rotatable bonds is 1. The van der Waals surface area contributed by atoms with E-state index in [1.165, 1.54) is 19.3 Å². The summed E-state index contributed by atoms with van der Waals surface area (Å²) in [5, 5.41) is 0. The van der Waals surface area contributed by atoms with Crippen LogP contribution in [0.3, 0.4) is 0 Å². The molecule has 0 saturated heterocycles. The molecule has 0 heterocycles. The molecule has 2 fully saturated rings. The summed E-state index contributed by atoms with van der Waals surface area (Å²) in [5.41, 5.74) is 1.56. The first-order valence-corrected chi connectivity index (χ1v) is 4.86. The van der Waals surface area contributed by atoms with Crippen LogP contribution < -0.4 is 0 Å². The Morgan fingerprint density at radius 3 is 2.45 bits per heavy atom. The SMILES string of the molecule is C=C1C[C@@H]2C[C@H]1[C@@H](C(C)C)C2. The molecular weight excluding hydrogens is 132 g/mol. The first-order valence-electron chi connectivity index (χ1n) is 4.86. The van der Waals surface area contributed by atoms with Gasteiger partial charge in [-0.3, -0.25) is 0 Å². The quantitative estimate of drug-likeness (QED) is 0.503. The zero-order chi connectivity index (χ0) is 8.01. The number of hydrogen-bond acceptors (Lipinski definition) is 0. The van der Waals surface area contributed by atoms with Crippen LogP contribution in [0.2, 0.25) is 0 Å². The lowest BCUT2D eigenvalue weighted by atomic mass is 9.79. The fourth-order valence-corrected chi connectivity index (χ4v) is 3.07. The molecule has 0 aromatic rings. The van der Waals surface area contributed by atoms with E-state index in [-0.39, 0.29) is 0 Å². The van der Waals surface area contributed by atoms with Crippen LogP contribution in [0.4, 0.5) is 0 Å². The van der Waals surface area contributed by atoms with Gasteiger partial charge in [0, 0.05) is 0 Å². The van der Waals surface area contributed by atoms with Crippen molar-refractivity contribution >= 4 is 0 Å². The van der Waals surface area contributed by atoms with Crippen molar-refractivity contribution in [2.45, 2.75) is 33.1 Å². The predicted molar refractivity (Wildman–Crippen MR) is 48.3 cm³/mol. The van der Waals surface area contributed by atoms with Gasteiger partial charge in [0.25, 0.3) is 0 Å². The average Bonchev–Trinajstić information content (AvgIpc) is 2.43. The van der Waals surface area contributed by atoms with Gasteiger partial charge in [-0.1, -0.05) is 26.0 Å². The molecule has 2 saturated carbocycles. The van der Waals surface area contributed by atoms with E-state index in [1.807, 2.05) is 0 Å². The van der Waals surface area contributed by atoms with E-state index < -0.39 is 0 Å². The highest BCUT2D eigenvalue weighted by atomic mass is 14.5. The molecule has 0 aliphatic heterocycles. The summed E-state index contributed by atoms with van der Waals surface area (Å²) in [6.45, 7) is 8.89. The van der Waals surface area contributed by atoms with E-state index in [4.69, 9.17) is 0 Å². The molecule has 0 aromatic heterocycles. The summed E-state index contributed by atoms with van der Waals surface area (Å²) in [7, 11) is 0. The average molecular weight is 150 g/mol. The Morgan fingerprint density at radius 2 is 2.09 bits per heavy atom. The van der Waals surface area contributed by atoms with Crippen molar-refractivity contribution in [2.75, 3.05) is 0 Å². The summed E-state index contributed by atoms with van der Waals surface area (Å²) >= 11 is 0. The maximum absolute atomic E-state index is 4.17. The highest BCUT2D eigenvalue weighted by Gasteiger charge is 2.42. The van der Waals surface area contributed by atoms with Gasteiger partial charge in [0.2, 0.25) is 0 Å². The van der Waals surface area contributed by atoms with Gasteiger partial charge < -0.3 is 0 Å². The fourth-order valence-electron chi connectivity index (χ4n) is 3.07. The molecule has 0 amide bonds. The van der Waals surface area contributed by atoms with Crippen molar-refractivity contribution in [3.63, 3.8) is 0 Å².